The van der Waals surface area contributed by atoms with Gasteiger partial charge in [0.1, 0.15) is 0 Å². The van der Waals surface area contributed by atoms with E-state index < -0.39 is 0 Å². The average Bonchev–Trinajstić information content (AvgIpc) is 2.71. The number of rotatable bonds is 8. The highest BCUT2D eigenvalue weighted by Crippen LogP contribution is 2.19. The molecule has 0 saturated carbocycles. The standard InChI is InChI=1S/C23H29ClN2OS/c1-18-4-6-19(7-5-18)15-26-13-2-3-21(16-26)23(27)25-12-14-28-17-20-8-10-22(24)11-9-20/h4-11,21H,2-3,12-17H2,1H3,(H,25,27). The molecule has 1 atom stereocenters. The Hall–Kier alpha value is -1.49. The van der Waals surface area contributed by atoms with Crippen molar-refractivity contribution in [2.24, 2.45) is 5.92 Å². The van der Waals surface area contributed by atoms with Crippen molar-refractivity contribution in [2.45, 2.75) is 32.1 Å². The van der Waals surface area contributed by atoms with E-state index in [4.69, 9.17) is 11.6 Å². The van der Waals surface area contributed by atoms with Crippen LogP contribution in [0.4, 0.5) is 0 Å². The summed E-state index contributed by atoms with van der Waals surface area (Å²) < 4.78 is 0. The molecule has 0 radical (unpaired) electrons. The fourth-order valence-electron chi connectivity index (χ4n) is 3.53. The van der Waals surface area contributed by atoms with Gasteiger partial charge in [-0.05, 0) is 49.6 Å². The molecule has 0 aliphatic carbocycles. The van der Waals surface area contributed by atoms with Crippen LogP contribution in [-0.4, -0.2) is 36.2 Å². The number of nitrogens with one attached hydrogen (secondary N) is 1. The average molecular weight is 417 g/mol. The molecule has 0 bridgehead atoms. The molecule has 1 heterocycles. The van der Waals surface area contributed by atoms with Crippen molar-refractivity contribution in [1.82, 2.24) is 10.2 Å². The molecule has 0 spiro atoms. The molecule has 1 aliphatic heterocycles. The van der Waals surface area contributed by atoms with Crippen LogP contribution in [0.1, 0.15) is 29.5 Å². The van der Waals surface area contributed by atoms with Gasteiger partial charge in [0.15, 0.2) is 0 Å². The van der Waals surface area contributed by atoms with Gasteiger partial charge in [-0.3, -0.25) is 9.69 Å². The van der Waals surface area contributed by atoms with E-state index in [0.29, 0.717) is 0 Å². The third-order valence-corrected chi connectivity index (χ3v) is 6.41. The fourth-order valence-corrected chi connectivity index (χ4v) is 4.47. The number of thioether (sulfide) groups is 1. The van der Waals surface area contributed by atoms with Crippen LogP contribution < -0.4 is 5.32 Å². The number of halogens is 1. The molecule has 3 nitrogen and oxygen atoms in total. The first-order valence-electron chi connectivity index (χ1n) is 9.98. The van der Waals surface area contributed by atoms with Crippen LogP contribution in [-0.2, 0) is 17.1 Å². The summed E-state index contributed by atoms with van der Waals surface area (Å²) in [6.45, 7) is 5.71. The lowest BCUT2D eigenvalue weighted by Gasteiger charge is -2.32. The molecule has 1 fully saturated rings. The first-order chi connectivity index (χ1) is 13.6. The molecule has 5 heteroatoms. The second-order valence-electron chi connectivity index (χ2n) is 7.53. The molecule has 28 heavy (non-hydrogen) atoms. The number of carbonyl (C=O) groups is 1. The molecule has 1 N–H and O–H groups in total. The summed E-state index contributed by atoms with van der Waals surface area (Å²) in [6, 6.07) is 16.6. The Balaban J connectivity index is 1.35. The van der Waals surface area contributed by atoms with Gasteiger partial charge >= 0.3 is 0 Å². The van der Waals surface area contributed by atoms with Crippen LogP contribution >= 0.6 is 23.4 Å². The van der Waals surface area contributed by atoms with Crippen molar-refractivity contribution in [2.75, 3.05) is 25.4 Å². The van der Waals surface area contributed by atoms with Crippen molar-refractivity contribution < 1.29 is 4.79 Å². The van der Waals surface area contributed by atoms with Gasteiger partial charge in [-0.15, -0.1) is 0 Å². The number of amides is 1. The third kappa shape index (κ3) is 6.84. The summed E-state index contributed by atoms with van der Waals surface area (Å²) in [5.41, 5.74) is 3.87. The topological polar surface area (TPSA) is 32.3 Å². The molecule has 2 aromatic carbocycles. The van der Waals surface area contributed by atoms with Crippen LogP contribution in [0.15, 0.2) is 48.5 Å². The maximum Gasteiger partial charge on any atom is 0.224 e. The van der Waals surface area contributed by atoms with Crippen LogP contribution in [0.2, 0.25) is 5.02 Å². The van der Waals surface area contributed by atoms with Crippen LogP contribution in [0.25, 0.3) is 0 Å². The zero-order valence-electron chi connectivity index (χ0n) is 16.5. The Bertz CT molecular complexity index is 748. The quantitative estimate of drug-likeness (QED) is 0.620. The minimum Gasteiger partial charge on any atom is -0.355 e. The SMILES string of the molecule is Cc1ccc(CN2CCCC(C(=O)NCCSCc3ccc(Cl)cc3)C2)cc1. The van der Waals surface area contributed by atoms with Gasteiger partial charge in [-0.2, -0.15) is 11.8 Å². The Labute approximate surface area is 177 Å². The summed E-state index contributed by atoms with van der Waals surface area (Å²) >= 11 is 7.74. The number of carbonyl (C=O) groups excluding carboxylic acids is 1. The summed E-state index contributed by atoms with van der Waals surface area (Å²) in [5, 5.41) is 3.90. The Morgan fingerprint density at radius 1 is 1.14 bits per heavy atom. The van der Waals surface area contributed by atoms with E-state index in [-0.39, 0.29) is 11.8 Å². The molecule has 1 amide bonds. The van der Waals surface area contributed by atoms with Crippen molar-refractivity contribution in [3.8, 4) is 0 Å². The number of piperidine rings is 1. The first-order valence-corrected chi connectivity index (χ1v) is 11.5. The Morgan fingerprint density at radius 2 is 1.86 bits per heavy atom. The summed E-state index contributed by atoms with van der Waals surface area (Å²) in [5.74, 6) is 2.19. The van der Waals surface area contributed by atoms with Crippen molar-refractivity contribution in [1.29, 1.82) is 0 Å². The van der Waals surface area contributed by atoms with E-state index in [1.165, 1.54) is 16.7 Å². The van der Waals surface area contributed by atoms with E-state index in [1.807, 2.05) is 23.9 Å². The van der Waals surface area contributed by atoms with Crippen molar-refractivity contribution in [3.63, 3.8) is 0 Å². The van der Waals surface area contributed by atoms with Crippen molar-refractivity contribution in [3.05, 3.63) is 70.2 Å². The van der Waals surface area contributed by atoms with Crippen LogP contribution in [0.3, 0.4) is 0 Å². The lowest BCUT2D eigenvalue weighted by molar-refractivity contribution is -0.126. The van der Waals surface area contributed by atoms with Gasteiger partial charge in [0.2, 0.25) is 5.91 Å². The minimum atomic E-state index is 0.112. The smallest absolute Gasteiger partial charge is 0.224 e. The number of benzene rings is 2. The highest BCUT2D eigenvalue weighted by atomic mass is 35.5. The van der Waals surface area contributed by atoms with Gasteiger partial charge in [-0.25, -0.2) is 0 Å². The molecule has 2 aromatic rings. The zero-order valence-corrected chi connectivity index (χ0v) is 18.1. The van der Waals surface area contributed by atoms with Gasteiger partial charge in [0, 0.05) is 36.2 Å². The maximum atomic E-state index is 12.5. The van der Waals surface area contributed by atoms with Gasteiger partial charge in [0.25, 0.3) is 0 Å². The number of aryl methyl sites for hydroxylation is 1. The lowest BCUT2D eigenvalue weighted by atomic mass is 9.96. The minimum absolute atomic E-state index is 0.112. The number of likely N-dealkylation sites (tertiary alicyclic amines) is 1. The highest BCUT2D eigenvalue weighted by molar-refractivity contribution is 7.98. The predicted molar refractivity (Wildman–Crippen MR) is 120 cm³/mol. The largest absolute Gasteiger partial charge is 0.355 e. The summed E-state index contributed by atoms with van der Waals surface area (Å²) in [6.07, 6.45) is 2.09. The predicted octanol–water partition coefficient (Wildman–Crippen LogP) is 4.91. The molecule has 1 saturated heterocycles. The van der Waals surface area contributed by atoms with Gasteiger partial charge in [0.05, 0.1) is 5.92 Å². The fraction of sp³-hybridized carbons (Fsp3) is 0.435. The molecular weight excluding hydrogens is 388 g/mol. The summed E-state index contributed by atoms with van der Waals surface area (Å²) in [7, 11) is 0. The molecule has 1 unspecified atom stereocenters. The van der Waals surface area contributed by atoms with Crippen LogP contribution in [0.5, 0.6) is 0 Å². The number of hydrogen-bond acceptors (Lipinski definition) is 3. The second-order valence-corrected chi connectivity index (χ2v) is 9.07. The highest BCUT2D eigenvalue weighted by Gasteiger charge is 2.25. The van der Waals surface area contributed by atoms with E-state index in [2.05, 4.69) is 53.5 Å². The lowest BCUT2D eigenvalue weighted by Crippen LogP contribution is -2.43. The van der Waals surface area contributed by atoms with E-state index in [1.54, 1.807) is 0 Å². The molecule has 0 aromatic heterocycles. The first kappa shape index (κ1) is 21.2. The van der Waals surface area contributed by atoms with Gasteiger partial charge < -0.3 is 5.32 Å². The Kier molecular flexibility index (Phi) is 8.26. The molecule has 3 rings (SSSR count). The van der Waals surface area contributed by atoms with Crippen molar-refractivity contribution >= 4 is 29.3 Å². The van der Waals surface area contributed by atoms with E-state index in [0.717, 1.165) is 55.5 Å². The maximum absolute atomic E-state index is 12.5. The molecule has 150 valence electrons. The second kappa shape index (κ2) is 10.9. The Morgan fingerprint density at radius 3 is 2.61 bits per heavy atom. The van der Waals surface area contributed by atoms with Gasteiger partial charge in [-0.1, -0.05) is 53.6 Å². The molecular formula is C23H29ClN2OS. The zero-order chi connectivity index (χ0) is 19.8. The van der Waals surface area contributed by atoms with E-state index in [9.17, 15) is 4.79 Å². The molecule has 1 aliphatic rings. The summed E-state index contributed by atoms with van der Waals surface area (Å²) in [4.78, 5) is 15.0. The third-order valence-electron chi connectivity index (χ3n) is 5.13. The number of nitrogens with zero attached hydrogens (tertiary/aromatic N) is 1. The normalized spacial score (nSPS) is 17.4. The number of hydrogen-bond donors (Lipinski definition) is 1. The van der Waals surface area contributed by atoms with E-state index >= 15 is 0 Å². The monoisotopic (exact) mass is 416 g/mol. The van der Waals surface area contributed by atoms with Crippen LogP contribution in [0, 0.1) is 12.8 Å².